The lowest BCUT2D eigenvalue weighted by atomic mass is 10.2. The van der Waals surface area contributed by atoms with E-state index >= 15 is 0 Å². The molecule has 7 nitrogen and oxygen atoms in total. The number of aromatic nitrogens is 2. The van der Waals surface area contributed by atoms with E-state index in [1.807, 2.05) is 31.2 Å². The molecule has 1 atom stereocenters. The molecule has 0 saturated heterocycles. The number of hydrogen-bond acceptors (Lipinski definition) is 6. The molecule has 29 heavy (non-hydrogen) atoms. The van der Waals surface area contributed by atoms with Crippen LogP contribution in [0.4, 0.5) is 0 Å². The fraction of sp³-hybridized carbons (Fsp3) is 0.286. The Morgan fingerprint density at radius 2 is 1.97 bits per heavy atom. The third-order valence-electron chi connectivity index (χ3n) is 4.30. The minimum absolute atomic E-state index is 0.161. The molecule has 0 aliphatic carbocycles. The topological polar surface area (TPSA) is 77.7 Å². The quantitative estimate of drug-likeness (QED) is 0.548. The molecule has 3 rings (SSSR count). The molecule has 152 valence electrons. The van der Waals surface area contributed by atoms with Crippen LogP contribution in [0.1, 0.15) is 19.2 Å². The van der Waals surface area contributed by atoms with Crippen LogP contribution in [0.3, 0.4) is 0 Å². The lowest BCUT2D eigenvalue weighted by Gasteiger charge is -2.22. The largest absolute Gasteiger partial charge is 0.497 e. The summed E-state index contributed by atoms with van der Waals surface area (Å²) in [5.74, 6) is 1.74. The van der Waals surface area contributed by atoms with E-state index < -0.39 is 6.10 Å². The Labute approximate surface area is 174 Å². The summed E-state index contributed by atoms with van der Waals surface area (Å²) in [6, 6.07) is 14.4. The van der Waals surface area contributed by atoms with Crippen LogP contribution in [-0.4, -0.2) is 41.2 Å². The van der Waals surface area contributed by atoms with E-state index in [0.29, 0.717) is 40.2 Å². The summed E-state index contributed by atoms with van der Waals surface area (Å²) in [7, 11) is 3.25. The minimum atomic E-state index is -0.641. The second-order valence-electron chi connectivity index (χ2n) is 6.38. The van der Waals surface area contributed by atoms with Gasteiger partial charge < -0.3 is 18.9 Å². The molecule has 3 aromatic rings. The van der Waals surface area contributed by atoms with E-state index in [4.69, 9.17) is 25.6 Å². The van der Waals surface area contributed by atoms with E-state index in [9.17, 15) is 4.79 Å². The summed E-state index contributed by atoms with van der Waals surface area (Å²) in [6.45, 7) is 2.05. The molecule has 8 heteroatoms. The summed E-state index contributed by atoms with van der Waals surface area (Å²) in [6.07, 6.45) is -0.132. The number of halogens is 1. The van der Waals surface area contributed by atoms with Crippen molar-refractivity contribution in [2.45, 2.75) is 26.0 Å². The molecule has 0 spiro atoms. The number of ether oxygens (including phenoxy) is 2. The second-order valence-corrected chi connectivity index (χ2v) is 6.79. The average Bonchev–Trinajstić information content (AvgIpc) is 3.20. The summed E-state index contributed by atoms with van der Waals surface area (Å²) >= 11 is 6.17. The van der Waals surface area contributed by atoms with E-state index in [1.165, 1.54) is 4.90 Å². The molecule has 1 heterocycles. The second kappa shape index (κ2) is 9.43. The Morgan fingerprint density at radius 1 is 1.21 bits per heavy atom. The zero-order chi connectivity index (χ0) is 20.8. The first-order valence-electron chi connectivity index (χ1n) is 9.15. The van der Waals surface area contributed by atoms with Gasteiger partial charge >= 0.3 is 0 Å². The molecule has 0 radical (unpaired) electrons. The predicted octanol–water partition coefficient (Wildman–Crippen LogP) is 4.21. The Bertz CT molecular complexity index is 976. The van der Waals surface area contributed by atoms with Gasteiger partial charge in [0.15, 0.2) is 6.10 Å². The van der Waals surface area contributed by atoms with Gasteiger partial charge in [0.25, 0.3) is 5.91 Å². The Hall–Kier alpha value is -3.06. The van der Waals surface area contributed by atoms with Crippen molar-refractivity contribution in [2.75, 3.05) is 14.2 Å². The third-order valence-corrected chi connectivity index (χ3v) is 4.63. The number of carbonyl (C=O) groups excluding carboxylic acids is 1. The van der Waals surface area contributed by atoms with Crippen LogP contribution >= 0.6 is 11.6 Å². The lowest BCUT2D eigenvalue weighted by molar-refractivity contribution is -0.138. The van der Waals surface area contributed by atoms with Crippen LogP contribution in [0.25, 0.3) is 11.4 Å². The molecule has 0 bridgehead atoms. The normalized spacial score (nSPS) is 11.7. The fourth-order valence-electron chi connectivity index (χ4n) is 2.74. The van der Waals surface area contributed by atoms with Crippen molar-refractivity contribution in [3.05, 3.63) is 59.4 Å². The molecule has 0 aliphatic heterocycles. The minimum Gasteiger partial charge on any atom is -0.497 e. The van der Waals surface area contributed by atoms with Crippen molar-refractivity contribution in [1.29, 1.82) is 0 Å². The van der Waals surface area contributed by atoms with Crippen molar-refractivity contribution in [3.63, 3.8) is 0 Å². The molecule has 0 fully saturated rings. The highest BCUT2D eigenvalue weighted by atomic mass is 35.5. The van der Waals surface area contributed by atoms with E-state index in [-0.39, 0.29) is 12.5 Å². The molecule has 0 saturated carbocycles. The van der Waals surface area contributed by atoms with Crippen LogP contribution in [0.2, 0.25) is 5.02 Å². The molecule has 1 aromatic heterocycles. The van der Waals surface area contributed by atoms with Crippen LogP contribution in [0.5, 0.6) is 11.5 Å². The Kier molecular flexibility index (Phi) is 6.72. The number of carbonyl (C=O) groups is 1. The summed E-state index contributed by atoms with van der Waals surface area (Å²) < 4.78 is 16.3. The van der Waals surface area contributed by atoms with E-state index in [1.54, 1.807) is 38.4 Å². The van der Waals surface area contributed by atoms with Crippen LogP contribution < -0.4 is 9.47 Å². The number of nitrogens with zero attached hydrogens (tertiary/aromatic N) is 3. The highest BCUT2D eigenvalue weighted by Gasteiger charge is 2.24. The van der Waals surface area contributed by atoms with Crippen molar-refractivity contribution in [3.8, 4) is 22.9 Å². The van der Waals surface area contributed by atoms with Gasteiger partial charge in [0.2, 0.25) is 11.7 Å². The van der Waals surface area contributed by atoms with Gasteiger partial charge in [0.05, 0.1) is 18.7 Å². The lowest BCUT2D eigenvalue weighted by Crippen LogP contribution is -2.39. The predicted molar refractivity (Wildman–Crippen MR) is 109 cm³/mol. The molecule has 0 aliphatic rings. The smallest absolute Gasteiger partial charge is 0.263 e. The molecular formula is C21H22ClN3O4. The monoisotopic (exact) mass is 415 g/mol. The van der Waals surface area contributed by atoms with Gasteiger partial charge in [-0.3, -0.25) is 4.79 Å². The van der Waals surface area contributed by atoms with Gasteiger partial charge in [-0.1, -0.05) is 41.9 Å². The van der Waals surface area contributed by atoms with E-state index in [2.05, 4.69) is 10.1 Å². The maximum atomic E-state index is 12.8. The number of hydrogen-bond donors (Lipinski definition) is 0. The first-order chi connectivity index (χ1) is 14.0. The van der Waals surface area contributed by atoms with Crippen LogP contribution in [-0.2, 0) is 11.3 Å². The Morgan fingerprint density at radius 3 is 2.69 bits per heavy atom. The van der Waals surface area contributed by atoms with Crippen LogP contribution in [0, 0.1) is 0 Å². The fourth-order valence-corrected chi connectivity index (χ4v) is 2.97. The maximum absolute atomic E-state index is 12.8. The van der Waals surface area contributed by atoms with Crippen molar-refractivity contribution < 1.29 is 18.8 Å². The number of likely N-dealkylation sites (N-methyl/N-ethyl adjacent to an activating group) is 1. The highest BCUT2D eigenvalue weighted by molar-refractivity contribution is 6.33. The number of amides is 1. The number of rotatable bonds is 8. The van der Waals surface area contributed by atoms with Gasteiger partial charge in [0, 0.05) is 18.7 Å². The number of benzene rings is 2. The van der Waals surface area contributed by atoms with Gasteiger partial charge in [-0.15, -0.1) is 0 Å². The van der Waals surface area contributed by atoms with Crippen LogP contribution in [0.15, 0.2) is 53.1 Å². The zero-order valence-electron chi connectivity index (χ0n) is 16.5. The molecule has 2 aromatic carbocycles. The number of methoxy groups -OCH3 is 1. The van der Waals surface area contributed by atoms with Crippen molar-refractivity contribution in [2.24, 2.45) is 0 Å². The SMILES string of the molecule is CC[C@H](Oc1cccc(OC)c1)C(=O)N(C)Cc1nc(-c2ccccc2Cl)no1. The molecule has 0 unspecified atom stereocenters. The zero-order valence-corrected chi connectivity index (χ0v) is 17.2. The average molecular weight is 416 g/mol. The third kappa shape index (κ3) is 5.06. The first-order valence-corrected chi connectivity index (χ1v) is 9.52. The first kappa shape index (κ1) is 20.7. The highest BCUT2D eigenvalue weighted by Crippen LogP contribution is 2.25. The summed E-state index contributed by atoms with van der Waals surface area (Å²) in [5.41, 5.74) is 0.672. The van der Waals surface area contributed by atoms with E-state index in [0.717, 1.165) is 0 Å². The summed E-state index contributed by atoms with van der Waals surface area (Å²) in [5, 5.41) is 4.49. The maximum Gasteiger partial charge on any atom is 0.263 e. The Balaban J connectivity index is 1.67. The van der Waals surface area contributed by atoms with Gasteiger partial charge in [0.1, 0.15) is 11.5 Å². The van der Waals surface area contributed by atoms with Crippen molar-refractivity contribution >= 4 is 17.5 Å². The molecule has 0 N–H and O–H groups in total. The van der Waals surface area contributed by atoms with Gasteiger partial charge in [-0.25, -0.2) is 0 Å². The summed E-state index contributed by atoms with van der Waals surface area (Å²) in [4.78, 5) is 18.7. The molecule has 1 amide bonds. The molecular weight excluding hydrogens is 394 g/mol. The standard InChI is InChI=1S/C21H22ClN3O4/c1-4-18(28-15-9-7-8-14(12-15)27-3)21(26)25(2)13-19-23-20(24-29-19)16-10-5-6-11-17(16)22/h5-12,18H,4,13H2,1-3H3/t18-/m0/s1. The van der Waals surface area contributed by atoms with Crippen molar-refractivity contribution in [1.82, 2.24) is 15.0 Å². The van der Waals surface area contributed by atoms with Gasteiger partial charge in [-0.05, 0) is 30.7 Å². The van der Waals surface area contributed by atoms with Gasteiger partial charge in [-0.2, -0.15) is 4.98 Å².